The maximum atomic E-state index is 12.9. The standard InChI is InChI=1S/C27H23NO6/c1-18-24(30)21-13-8-14-22(26(21)34-25(18)19-9-4-2-5-10-19)27(31)33-17-23(29)28-15-16-32-20-11-6-3-7-12-20/h2-14H,15-17H2,1H3,(H,28,29). The van der Waals surface area contributed by atoms with Crippen LogP contribution in [0.2, 0.25) is 0 Å². The molecule has 0 saturated carbocycles. The second-order valence-electron chi connectivity index (χ2n) is 7.52. The van der Waals surface area contributed by atoms with E-state index in [1.54, 1.807) is 19.1 Å². The third-order valence-electron chi connectivity index (χ3n) is 5.17. The number of benzene rings is 3. The highest BCUT2D eigenvalue weighted by molar-refractivity contribution is 6.02. The molecule has 0 saturated heterocycles. The molecular weight excluding hydrogens is 434 g/mol. The average Bonchev–Trinajstić information content (AvgIpc) is 2.88. The van der Waals surface area contributed by atoms with E-state index in [1.165, 1.54) is 6.07 Å². The van der Waals surface area contributed by atoms with E-state index < -0.39 is 18.5 Å². The first kappa shape index (κ1) is 22.8. The third kappa shape index (κ3) is 5.15. The number of hydrogen-bond acceptors (Lipinski definition) is 6. The highest BCUT2D eigenvalue weighted by Gasteiger charge is 2.20. The first-order chi connectivity index (χ1) is 16.5. The zero-order valence-corrected chi connectivity index (χ0v) is 18.6. The van der Waals surface area contributed by atoms with Crippen LogP contribution in [0.3, 0.4) is 0 Å². The normalized spacial score (nSPS) is 10.6. The molecule has 0 unspecified atom stereocenters. The number of carbonyl (C=O) groups is 2. The number of ether oxygens (including phenoxy) is 2. The molecule has 1 aromatic heterocycles. The fraction of sp³-hybridized carbons (Fsp3) is 0.148. The molecule has 7 heteroatoms. The molecule has 7 nitrogen and oxygen atoms in total. The van der Waals surface area contributed by atoms with Gasteiger partial charge >= 0.3 is 5.97 Å². The van der Waals surface area contributed by atoms with E-state index >= 15 is 0 Å². The molecular formula is C27H23NO6. The van der Waals surface area contributed by atoms with Gasteiger partial charge in [0.2, 0.25) is 0 Å². The van der Waals surface area contributed by atoms with Crippen molar-refractivity contribution < 1.29 is 23.5 Å². The van der Waals surface area contributed by atoms with Gasteiger partial charge in [-0.3, -0.25) is 9.59 Å². The zero-order valence-electron chi connectivity index (χ0n) is 18.6. The summed E-state index contributed by atoms with van der Waals surface area (Å²) in [5.41, 5.74) is 1.14. The van der Waals surface area contributed by atoms with Crippen molar-refractivity contribution in [2.24, 2.45) is 0 Å². The fourth-order valence-electron chi connectivity index (χ4n) is 3.47. The number of fused-ring (bicyclic) bond motifs is 1. The van der Waals surface area contributed by atoms with Crippen LogP contribution >= 0.6 is 0 Å². The molecule has 0 fully saturated rings. The molecule has 1 N–H and O–H groups in total. The summed E-state index contributed by atoms with van der Waals surface area (Å²) in [5.74, 6) is -0.139. The number of esters is 1. The Hall–Kier alpha value is -4.39. The Morgan fingerprint density at radius 1 is 0.912 bits per heavy atom. The number of nitrogens with one attached hydrogen (secondary N) is 1. The Balaban J connectivity index is 1.43. The van der Waals surface area contributed by atoms with Crippen molar-refractivity contribution in [3.05, 3.63) is 100 Å². The second kappa shape index (κ2) is 10.5. The summed E-state index contributed by atoms with van der Waals surface area (Å²) < 4.78 is 16.7. The van der Waals surface area contributed by atoms with Crippen LogP contribution < -0.4 is 15.5 Å². The molecule has 0 radical (unpaired) electrons. The summed E-state index contributed by atoms with van der Waals surface area (Å²) >= 11 is 0. The maximum absolute atomic E-state index is 12.9. The van der Waals surface area contributed by atoms with Gasteiger partial charge in [0.1, 0.15) is 23.7 Å². The van der Waals surface area contributed by atoms with Gasteiger partial charge in [-0.1, -0.05) is 54.6 Å². The molecule has 1 heterocycles. The second-order valence-corrected chi connectivity index (χ2v) is 7.52. The van der Waals surface area contributed by atoms with Crippen LogP contribution in [0.5, 0.6) is 5.75 Å². The molecule has 172 valence electrons. The van der Waals surface area contributed by atoms with Gasteiger partial charge in [0.25, 0.3) is 5.91 Å². The van der Waals surface area contributed by atoms with Crippen molar-refractivity contribution in [1.29, 1.82) is 0 Å². The van der Waals surface area contributed by atoms with Crippen LogP contribution in [-0.4, -0.2) is 31.6 Å². The predicted molar refractivity (Wildman–Crippen MR) is 128 cm³/mol. The van der Waals surface area contributed by atoms with Crippen LogP contribution in [0, 0.1) is 6.92 Å². The van der Waals surface area contributed by atoms with Gasteiger partial charge in [0, 0.05) is 11.1 Å². The largest absolute Gasteiger partial charge is 0.492 e. The van der Waals surface area contributed by atoms with Crippen molar-refractivity contribution >= 4 is 22.8 Å². The van der Waals surface area contributed by atoms with Crippen LogP contribution in [0.15, 0.2) is 88.1 Å². The molecule has 4 rings (SSSR count). The van der Waals surface area contributed by atoms with E-state index in [9.17, 15) is 14.4 Å². The average molecular weight is 457 g/mol. The summed E-state index contributed by atoms with van der Waals surface area (Å²) in [4.78, 5) is 37.7. The Kier molecular flexibility index (Phi) is 7.03. The summed E-state index contributed by atoms with van der Waals surface area (Å²) in [7, 11) is 0. The van der Waals surface area contributed by atoms with E-state index in [0.29, 0.717) is 17.1 Å². The predicted octanol–water partition coefficient (Wildman–Crippen LogP) is 4.12. The zero-order chi connectivity index (χ0) is 23.9. The van der Waals surface area contributed by atoms with E-state index in [0.717, 1.165) is 5.56 Å². The minimum absolute atomic E-state index is 0.0759. The van der Waals surface area contributed by atoms with Crippen LogP contribution in [0.4, 0.5) is 0 Å². The first-order valence-electron chi connectivity index (χ1n) is 10.8. The fourth-order valence-corrected chi connectivity index (χ4v) is 3.47. The van der Waals surface area contributed by atoms with Crippen LogP contribution in [0.1, 0.15) is 15.9 Å². The molecule has 0 bridgehead atoms. The van der Waals surface area contributed by atoms with Gasteiger partial charge in [0.05, 0.1) is 11.9 Å². The lowest BCUT2D eigenvalue weighted by Gasteiger charge is -2.11. The van der Waals surface area contributed by atoms with Crippen molar-refractivity contribution in [3.8, 4) is 17.1 Å². The minimum atomic E-state index is -0.757. The molecule has 4 aromatic rings. The number of amides is 1. The highest BCUT2D eigenvalue weighted by Crippen LogP contribution is 2.27. The molecule has 34 heavy (non-hydrogen) atoms. The van der Waals surface area contributed by atoms with E-state index in [2.05, 4.69) is 5.32 Å². The molecule has 1 amide bonds. The number of para-hydroxylation sites is 2. The molecule has 0 spiro atoms. The number of hydrogen-bond donors (Lipinski definition) is 1. The monoisotopic (exact) mass is 457 g/mol. The van der Waals surface area contributed by atoms with Crippen molar-refractivity contribution in [1.82, 2.24) is 5.32 Å². The Morgan fingerprint density at radius 3 is 2.35 bits per heavy atom. The molecule has 0 aliphatic rings. The lowest BCUT2D eigenvalue weighted by atomic mass is 10.0. The Bertz CT molecular complexity index is 1360. The van der Waals surface area contributed by atoms with Gasteiger partial charge in [-0.2, -0.15) is 0 Å². The molecule has 3 aromatic carbocycles. The third-order valence-corrected chi connectivity index (χ3v) is 5.17. The maximum Gasteiger partial charge on any atom is 0.342 e. The highest BCUT2D eigenvalue weighted by atomic mass is 16.5. The van der Waals surface area contributed by atoms with Gasteiger partial charge in [0.15, 0.2) is 17.6 Å². The number of rotatable bonds is 8. The quantitative estimate of drug-likeness (QED) is 0.316. The number of carbonyl (C=O) groups excluding carboxylic acids is 2. The van der Waals surface area contributed by atoms with Gasteiger partial charge in [-0.15, -0.1) is 0 Å². The van der Waals surface area contributed by atoms with Crippen molar-refractivity contribution in [2.45, 2.75) is 6.92 Å². The smallest absolute Gasteiger partial charge is 0.342 e. The summed E-state index contributed by atoms with van der Waals surface area (Å²) in [5, 5.41) is 2.90. The molecule has 0 atom stereocenters. The SMILES string of the molecule is Cc1c(-c2ccccc2)oc2c(C(=O)OCC(=O)NCCOc3ccccc3)cccc2c1=O. The minimum Gasteiger partial charge on any atom is -0.492 e. The first-order valence-corrected chi connectivity index (χ1v) is 10.8. The Labute approximate surface area is 195 Å². The summed E-state index contributed by atoms with van der Waals surface area (Å²) in [6, 6.07) is 23.1. The van der Waals surface area contributed by atoms with Crippen molar-refractivity contribution in [2.75, 3.05) is 19.8 Å². The lowest BCUT2D eigenvalue weighted by Crippen LogP contribution is -2.32. The summed E-state index contributed by atoms with van der Waals surface area (Å²) in [6.07, 6.45) is 0. The lowest BCUT2D eigenvalue weighted by molar-refractivity contribution is -0.124. The van der Waals surface area contributed by atoms with Crippen LogP contribution in [0.25, 0.3) is 22.3 Å². The van der Waals surface area contributed by atoms with E-state index in [-0.39, 0.29) is 35.1 Å². The molecule has 0 aliphatic heterocycles. The molecule has 0 aliphatic carbocycles. The van der Waals surface area contributed by atoms with E-state index in [1.807, 2.05) is 60.7 Å². The summed E-state index contributed by atoms with van der Waals surface area (Å²) in [6.45, 7) is 1.75. The van der Waals surface area contributed by atoms with E-state index in [4.69, 9.17) is 13.9 Å². The topological polar surface area (TPSA) is 94.8 Å². The van der Waals surface area contributed by atoms with Gasteiger partial charge in [-0.25, -0.2) is 4.79 Å². The Morgan fingerprint density at radius 2 is 1.62 bits per heavy atom. The van der Waals surface area contributed by atoms with Crippen LogP contribution in [-0.2, 0) is 9.53 Å². The van der Waals surface area contributed by atoms with Crippen molar-refractivity contribution in [3.63, 3.8) is 0 Å². The van der Waals surface area contributed by atoms with Gasteiger partial charge in [-0.05, 0) is 31.2 Å². The van der Waals surface area contributed by atoms with Gasteiger partial charge < -0.3 is 19.2 Å².